The molecule has 3 aromatic carbocycles. The van der Waals surface area contributed by atoms with Crippen LogP contribution >= 0.6 is 11.8 Å². The van der Waals surface area contributed by atoms with Crippen LogP contribution in [0.3, 0.4) is 0 Å². The molecular formula is C27H25NO4S. The molecule has 4 aromatic rings. The Balaban J connectivity index is 1.32. The van der Waals surface area contributed by atoms with Gasteiger partial charge in [0.2, 0.25) is 5.89 Å². The van der Waals surface area contributed by atoms with Crippen molar-refractivity contribution in [3.63, 3.8) is 0 Å². The Hall–Kier alpha value is -3.51. The van der Waals surface area contributed by atoms with Crippen LogP contribution in [0, 0.1) is 6.92 Å². The highest BCUT2D eigenvalue weighted by molar-refractivity contribution is 7.98. The normalized spacial score (nSPS) is 10.8. The second-order valence-corrected chi connectivity index (χ2v) is 8.70. The predicted molar refractivity (Wildman–Crippen MR) is 129 cm³/mol. The molecule has 5 nitrogen and oxygen atoms in total. The van der Waals surface area contributed by atoms with Crippen molar-refractivity contribution in [2.45, 2.75) is 37.0 Å². The molecule has 0 atom stereocenters. The van der Waals surface area contributed by atoms with Crippen LogP contribution in [0.1, 0.15) is 29.0 Å². The van der Waals surface area contributed by atoms with E-state index in [2.05, 4.69) is 11.1 Å². The first-order valence-corrected chi connectivity index (χ1v) is 11.7. The van der Waals surface area contributed by atoms with Gasteiger partial charge in [0.1, 0.15) is 23.8 Å². The number of nitrogens with zero attached hydrogens (tertiary/aromatic N) is 1. The van der Waals surface area contributed by atoms with Crippen molar-refractivity contribution in [1.29, 1.82) is 0 Å². The number of benzene rings is 3. The van der Waals surface area contributed by atoms with Gasteiger partial charge in [-0.3, -0.25) is 4.79 Å². The number of ether oxygens (including phenoxy) is 1. The van der Waals surface area contributed by atoms with Crippen molar-refractivity contribution in [3.8, 4) is 17.2 Å². The maximum Gasteiger partial charge on any atom is 0.303 e. The van der Waals surface area contributed by atoms with Gasteiger partial charge in [-0.1, -0.05) is 42.5 Å². The molecule has 0 radical (unpaired) electrons. The van der Waals surface area contributed by atoms with E-state index in [0.717, 1.165) is 44.5 Å². The van der Waals surface area contributed by atoms with Crippen molar-refractivity contribution in [1.82, 2.24) is 4.98 Å². The Morgan fingerprint density at radius 1 is 1.00 bits per heavy atom. The minimum absolute atomic E-state index is 0.153. The van der Waals surface area contributed by atoms with E-state index in [1.54, 1.807) is 11.8 Å². The summed E-state index contributed by atoms with van der Waals surface area (Å²) in [4.78, 5) is 16.4. The maximum atomic E-state index is 10.7. The minimum atomic E-state index is -0.772. The van der Waals surface area contributed by atoms with Gasteiger partial charge in [0.25, 0.3) is 0 Å². The number of hydrogen-bond acceptors (Lipinski definition) is 5. The smallest absolute Gasteiger partial charge is 0.303 e. The molecule has 0 aliphatic heterocycles. The first-order valence-electron chi connectivity index (χ1n) is 10.7. The molecule has 0 aliphatic rings. The Morgan fingerprint density at radius 3 is 2.55 bits per heavy atom. The van der Waals surface area contributed by atoms with E-state index in [9.17, 15) is 4.79 Å². The lowest BCUT2D eigenvalue weighted by molar-refractivity contribution is -0.136. The highest BCUT2D eigenvalue weighted by Gasteiger charge is 2.12. The number of aromatic nitrogens is 1. The average molecular weight is 460 g/mol. The molecule has 33 heavy (non-hydrogen) atoms. The Kier molecular flexibility index (Phi) is 7.47. The SMILES string of the molecule is Cc1oc(-c2ccccc2)nc1COc1cccc(CSc2ccc(CCC(=O)O)cc2)c1. The number of carboxylic acids is 1. The summed E-state index contributed by atoms with van der Waals surface area (Å²) in [6, 6.07) is 26.0. The summed E-state index contributed by atoms with van der Waals surface area (Å²) in [5.74, 6) is 2.19. The summed E-state index contributed by atoms with van der Waals surface area (Å²) < 4.78 is 11.8. The molecule has 6 heteroatoms. The first kappa shape index (κ1) is 22.7. The molecule has 0 saturated heterocycles. The summed E-state index contributed by atoms with van der Waals surface area (Å²) >= 11 is 1.73. The fraction of sp³-hybridized carbons (Fsp3) is 0.185. The lowest BCUT2D eigenvalue weighted by atomic mass is 10.1. The van der Waals surface area contributed by atoms with E-state index < -0.39 is 5.97 Å². The number of oxazole rings is 1. The van der Waals surface area contributed by atoms with Gasteiger partial charge in [-0.2, -0.15) is 0 Å². The number of carbonyl (C=O) groups is 1. The van der Waals surface area contributed by atoms with Crippen LogP contribution in [0.4, 0.5) is 0 Å². The Bertz CT molecular complexity index is 1200. The van der Waals surface area contributed by atoms with Crippen molar-refractivity contribution in [3.05, 3.63) is 101 Å². The van der Waals surface area contributed by atoms with Gasteiger partial charge in [-0.05, 0) is 60.9 Å². The molecule has 4 rings (SSSR count). The number of hydrogen-bond donors (Lipinski definition) is 1. The second kappa shape index (κ2) is 10.9. The van der Waals surface area contributed by atoms with Gasteiger partial charge in [-0.15, -0.1) is 11.8 Å². The van der Waals surface area contributed by atoms with E-state index in [0.29, 0.717) is 18.9 Å². The van der Waals surface area contributed by atoms with Crippen LogP contribution in [0.2, 0.25) is 0 Å². The number of aliphatic carboxylic acids is 1. The third-order valence-electron chi connectivity index (χ3n) is 5.14. The van der Waals surface area contributed by atoms with Crippen LogP contribution < -0.4 is 4.74 Å². The van der Waals surface area contributed by atoms with Crippen LogP contribution in [0.25, 0.3) is 11.5 Å². The molecule has 1 N–H and O–H groups in total. The highest BCUT2D eigenvalue weighted by atomic mass is 32.2. The number of thioether (sulfide) groups is 1. The zero-order chi connectivity index (χ0) is 23.0. The van der Waals surface area contributed by atoms with Crippen molar-refractivity contribution < 1.29 is 19.1 Å². The summed E-state index contributed by atoms with van der Waals surface area (Å²) in [7, 11) is 0. The second-order valence-electron chi connectivity index (χ2n) is 7.65. The van der Waals surface area contributed by atoms with E-state index in [1.807, 2.05) is 79.7 Å². The summed E-state index contributed by atoms with van der Waals surface area (Å²) in [5.41, 5.74) is 3.93. The van der Waals surface area contributed by atoms with Crippen LogP contribution in [0.15, 0.2) is 88.2 Å². The summed E-state index contributed by atoms with van der Waals surface area (Å²) in [6.45, 7) is 2.24. The van der Waals surface area contributed by atoms with Crippen LogP contribution in [0.5, 0.6) is 5.75 Å². The molecule has 0 spiro atoms. The minimum Gasteiger partial charge on any atom is -0.487 e. The maximum absolute atomic E-state index is 10.7. The van der Waals surface area contributed by atoms with Crippen molar-refractivity contribution >= 4 is 17.7 Å². The summed E-state index contributed by atoms with van der Waals surface area (Å²) in [6.07, 6.45) is 0.707. The van der Waals surface area contributed by atoms with Crippen LogP contribution in [-0.4, -0.2) is 16.1 Å². The third kappa shape index (κ3) is 6.49. The van der Waals surface area contributed by atoms with Crippen molar-refractivity contribution in [2.24, 2.45) is 0 Å². The Morgan fingerprint density at radius 2 is 1.79 bits per heavy atom. The molecule has 0 aliphatic carbocycles. The number of aryl methyl sites for hydroxylation is 2. The zero-order valence-corrected chi connectivity index (χ0v) is 19.2. The number of rotatable bonds is 10. The molecule has 0 fully saturated rings. The van der Waals surface area contributed by atoms with Gasteiger partial charge in [-0.25, -0.2) is 4.98 Å². The van der Waals surface area contributed by atoms with Gasteiger partial charge >= 0.3 is 5.97 Å². The summed E-state index contributed by atoms with van der Waals surface area (Å²) in [5, 5.41) is 8.80. The van der Waals surface area contributed by atoms with E-state index in [1.165, 1.54) is 0 Å². The topological polar surface area (TPSA) is 72.6 Å². The fourth-order valence-electron chi connectivity index (χ4n) is 3.31. The van der Waals surface area contributed by atoms with Gasteiger partial charge < -0.3 is 14.3 Å². The van der Waals surface area contributed by atoms with Crippen LogP contribution in [-0.2, 0) is 23.6 Å². The highest BCUT2D eigenvalue weighted by Crippen LogP contribution is 2.26. The standard InChI is InChI=1S/C27H25NO4S/c1-19-25(28-27(32-19)22-7-3-2-4-8-22)17-31-23-9-5-6-21(16-23)18-33-24-13-10-20(11-14-24)12-15-26(29)30/h2-11,13-14,16H,12,15,17-18H2,1H3,(H,29,30). The molecule has 168 valence electrons. The number of carboxylic acid groups (broad SMARTS) is 1. The lowest BCUT2D eigenvalue weighted by Gasteiger charge is -2.08. The predicted octanol–water partition coefficient (Wildman–Crippen LogP) is 6.54. The largest absolute Gasteiger partial charge is 0.487 e. The molecule has 1 aromatic heterocycles. The lowest BCUT2D eigenvalue weighted by Crippen LogP contribution is -1.98. The van der Waals surface area contributed by atoms with Crippen molar-refractivity contribution in [2.75, 3.05) is 0 Å². The zero-order valence-electron chi connectivity index (χ0n) is 18.4. The van der Waals surface area contributed by atoms with E-state index in [4.69, 9.17) is 14.3 Å². The average Bonchev–Trinajstić information content (AvgIpc) is 3.22. The van der Waals surface area contributed by atoms with E-state index in [-0.39, 0.29) is 6.42 Å². The van der Waals surface area contributed by atoms with Gasteiger partial charge in [0, 0.05) is 22.6 Å². The van der Waals surface area contributed by atoms with Gasteiger partial charge in [0.15, 0.2) is 0 Å². The quantitative estimate of drug-likeness (QED) is 0.272. The molecule has 0 unspecified atom stereocenters. The van der Waals surface area contributed by atoms with Gasteiger partial charge in [0.05, 0.1) is 0 Å². The monoisotopic (exact) mass is 459 g/mol. The molecule has 1 heterocycles. The third-order valence-corrected chi connectivity index (χ3v) is 6.23. The molecule has 0 amide bonds. The molecule has 0 bridgehead atoms. The first-order chi connectivity index (χ1) is 16.1. The molecule has 0 saturated carbocycles. The van der Waals surface area contributed by atoms with E-state index >= 15 is 0 Å². The molecular weight excluding hydrogens is 434 g/mol. The fourth-order valence-corrected chi connectivity index (χ4v) is 4.15. The Labute approximate surface area is 197 Å².